The van der Waals surface area contributed by atoms with Crippen LogP contribution >= 0.6 is 12.2 Å². The van der Waals surface area contributed by atoms with Crippen LogP contribution in [0.2, 0.25) is 0 Å². The zero-order chi connectivity index (χ0) is 24.4. The second kappa shape index (κ2) is 9.95. The summed E-state index contributed by atoms with van der Waals surface area (Å²) in [5, 5.41) is 4.28. The number of esters is 1. The SMILES string of the molecule is COC(=O)c1ccc(-n2c(C)cc(C3C(c4ccccn4)NC(=S)N3CCN(C)C)c2C)cc1. The summed E-state index contributed by atoms with van der Waals surface area (Å²) in [6.07, 6.45) is 1.83. The number of nitrogens with one attached hydrogen (secondary N) is 1. The summed E-state index contributed by atoms with van der Waals surface area (Å²) in [5.41, 5.74) is 5.95. The van der Waals surface area contributed by atoms with E-state index < -0.39 is 0 Å². The Morgan fingerprint density at radius 1 is 1.18 bits per heavy atom. The molecule has 2 unspecified atom stereocenters. The van der Waals surface area contributed by atoms with Crippen LogP contribution in [0, 0.1) is 13.8 Å². The second-order valence-electron chi connectivity index (χ2n) is 8.82. The third-order valence-electron chi connectivity index (χ3n) is 6.32. The van der Waals surface area contributed by atoms with E-state index in [9.17, 15) is 4.79 Å². The molecular formula is C26H31N5O2S. The zero-order valence-corrected chi connectivity index (χ0v) is 21.1. The normalized spacial score (nSPS) is 17.8. The van der Waals surface area contributed by atoms with Crippen molar-refractivity contribution < 1.29 is 9.53 Å². The average Bonchev–Trinajstić information content (AvgIpc) is 3.32. The van der Waals surface area contributed by atoms with E-state index in [2.05, 4.69) is 58.7 Å². The molecule has 7 nitrogen and oxygen atoms in total. The predicted molar refractivity (Wildman–Crippen MR) is 137 cm³/mol. The number of methoxy groups -OCH3 is 1. The first kappa shape index (κ1) is 23.9. The van der Waals surface area contributed by atoms with Gasteiger partial charge in [0.1, 0.15) is 0 Å². The first-order chi connectivity index (χ1) is 16.3. The molecule has 1 aromatic carbocycles. The van der Waals surface area contributed by atoms with Crippen LogP contribution in [0.4, 0.5) is 0 Å². The van der Waals surface area contributed by atoms with E-state index in [1.807, 2.05) is 36.5 Å². The van der Waals surface area contributed by atoms with Gasteiger partial charge in [0.2, 0.25) is 0 Å². The molecule has 3 heterocycles. The quantitative estimate of drug-likeness (QED) is 0.410. The molecule has 8 heteroatoms. The number of aryl methyl sites for hydroxylation is 1. The van der Waals surface area contributed by atoms with Gasteiger partial charge >= 0.3 is 5.97 Å². The van der Waals surface area contributed by atoms with Crippen LogP contribution in [0.1, 0.15) is 45.1 Å². The van der Waals surface area contributed by atoms with Gasteiger partial charge in [0.15, 0.2) is 5.11 Å². The maximum absolute atomic E-state index is 11.9. The maximum Gasteiger partial charge on any atom is 0.337 e. The van der Waals surface area contributed by atoms with E-state index in [1.54, 1.807) is 12.1 Å². The Morgan fingerprint density at radius 3 is 2.53 bits per heavy atom. The Labute approximate surface area is 206 Å². The first-order valence-corrected chi connectivity index (χ1v) is 11.7. The molecule has 0 amide bonds. The fourth-order valence-corrected chi connectivity index (χ4v) is 4.97. The fraction of sp³-hybridized carbons (Fsp3) is 0.346. The van der Waals surface area contributed by atoms with Crippen molar-refractivity contribution in [1.82, 2.24) is 24.7 Å². The van der Waals surface area contributed by atoms with Crippen LogP contribution in [0.5, 0.6) is 0 Å². The van der Waals surface area contributed by atoms with Crippen LogP contribution < -0.4 is 5.32 Å². The van der Waals surface area contributed by atoms with Gasteiger partial charge in [-0.05, 0) is 88.2 Å². The third kappa shape index (κ3) is 4.56. The number of ether oxygens (including phenoxy) is 1. The van der Waals surface area contributed by atoms with Gasteiger partial charge in [0, 0.05) is 36.4 Å². The van der Waals surface area contributed by atoms with Crippen LogP contribution in [-0.4, -0.2) is 64.7 Å². The van der Waals surface area contributed by atoms with Gasteiger partial charge in [-0.25, -0.2) is 4.79 Å². The predicted octanol–water partition coefficient (Wildman–Crippen LogP) is 3.81. The number of likely N-dealkylation sites (N-methyl/N-ethyl adjacent to an activating group) is 1. The van der Waals surface area contributed by atoms with Crippen molar-refractivity contribution in [2.45, 2.75) is 25.9 Å². The van der Waals surface area contributed by atoms with E-state index >= 15 is 0 Å². The van der Waals surface area contributed by atoms with Gasteiger partial charge in [-0.2, -0.15) is 0 Å². The topological polar surface area (TPSA) is 62.6 Å². The van der Waals surface area contributed by atoms with Gasteiger partial charge in [0.05, 0.1) is 30.5 Å². The monoisotopic (exact) mass is 477 g/mol. The van der Waals surface area contributed by atoms with Gasteiger partial charge in [-0.1, -0.05) is 6.07 Å². The second-order valence-corrected chi connectivity index (χ2v) is 9.21. The van der Waals surface area contributed by atoms with Crippen LogP contribution in [0.15, 0.2) is 54.7 Å². The number of pyridine rings is 1. The number of nitrogens with zero attached hydrogens (tertiary/aromatic N) is 4. The molecule has 0 aliphatic carbocycles. The van der Waals surface area contributed by atoms with Crippen molar-refractivity contribution >= 4 is 23.3 Å². The molecule has 0 saturated carbocycles. The zero-order valence-electron chi connectivity index (χ0n) is 20.3. The average molecular weight is 478 g/mol. The molecule has 2 atom stereocenters. The molecular weight excluding hydrogens is 446 g/mol. The van der Waals surface area contributed by atoms with Gasteiger partial charge in [-0.3, -0.25) is 4.98 Å². The lowest BCUT2D eigenvalue weighted by Crippen LogP contribution is -2.35. The summed E-state index contributed by atoms with van der Waals surface area (Å²) in [5.74, 6) is -0.339. The number of hydrogen-bond donors (Lipinski definition) is 1. The number of aromatic nitrogens is 2. The summed E-state index contributed by atoms with van der Waals surface area (Å²) in [6, 6.07) is 15.7. The molecule has 1 aliphatic heterocycles. The fourth-order valence-electron chi connectivity index (χ4n) is 4.64. The third-order valence-corrected chi connectivity index (χ3v) is 6.67. The summed E-state index contributed by atoms with van der Waals surface area (Å²) in [7, 11) is 5.53. The van der Waals surface area contributed by atoms with E-state index in [4.69, 9.17) is 17.0 Å². The molecule has 1 aliphatic rings. The molecule has 4 rings (SSSR count). The summed E-state index contributed by atoms with van der Waals surface area (Å²) in [4.78, 5) is 20.9. The van der Waals surface area contributed by atoms with Crippen molar-refractivity contribution in [2.24, 2.45) is 0 Å². The van der Waals surface area contributed by atoms with Gasteiger partial charge < -0.3 is 24.4 Å². The first-order valence-electron chi connectivity index (χ1n) is 11.3. The standard InChI is InChI=1S/C26H31N5O2S/c1-17-16-21(18(2)31(17)20-11-9-19(10-12-20)25(32)33-5)24-23(22-8-6-7-13-27-22)28-26(34)30(24)15-14-29(3)4/h6-13,16,23-24H,14-15H2,1-5H3,(H,28,34). The number of thiocarbonyl (C=S) groups is 1. The number of rotatable bonds is 7. The molecule has 0 bridgehead atoms. The van der Waals surface area contributed by atoms with Gasteiger partial charge in [-0.15, -0.1) is 0 Å². The smallest absolute Gasteiger partial charge is 0.337 e. The molecule has 2 aromatic heterocycles. The highest BCUT2D eigenvalue weighted by molar-refractivity contribution is 7.80. The number of carbonyl (C=O) groups is 1. The Bertz CT molecular complexity index is 1170. The highest BCUT2D eigenvalue weighted by Gasteiger charge is 2.41. The largest absolute Gasteiger partial charge is 0.465 e. The Kier molecular flexibility index (Phi) is 7.00. The van der Waals surface area contributed by atoms with E-state index in [-0.39, 0.29) is 18.1 Å². The van der Waals surface area contributed by atoms with E-state index in [1.165, 1.54) is 12.7 Å². The number of benzene rings is 1. The molecule has 0 spiro atoms. The molecule has 178 valence electrons. The minimum atomic E-state index is -0.339. The van der Waals surface area contributed by atoms with Crippen molar-refractivity contribution in [2.75, 3.05) is 34.3 Å². The minimum absolute atomic E-state index is 0.0108. The Hall–Kier alpha value is -3.23. The lowest BCUT2D eigenvalue weighted by Gasteiger charge is -2.29. The maximum atomic E-state index is 11.9. The number of carbonyl (C=O) groups excluding carboxylic acids is 1. The molecule has 34 heavy (non-hydrogen) atoms. The van der Waals surface area contributed by atoms with Crippen molar-refractivity contribution in [1.29, 1.82) is 0 Å². The minimum Gasteiger partial charge on any atom is -0.465 e. The van der Waals surface area contributed by atoms with Crippen LogP contribution in [0.3, 0.4) is 0 Å². The summed E-state index contributed by atoms with van der Waals surface area (Å²) < 4.78 is 7.06. The van der Waals surface area contributed by atoms with Crippen molar-refractivity contribution in [3.8, 4) is 5.69 Å². The van der Waals surface area contributed by atoms with Gasteiger partial charge in [0.25, 0.3) is 0 Å². The van der Waals surface area contributed by atoms with E-state index in [0.717, 1.165) is 41.0 Å². The lowest BCUT2D eigenvalue weighted by atomic mass is 9.96. The molecule has 1 saturated heterocycles. The lowest BCUT2D eigenvalue weighted by molar-refractivity contribution is 0.0600. The Morgan fingerprint density at radius 2 is 1.91 bits per heavy atom. The summed E-state index contributed by atoms with van der Waals surface area (Å²) >= 11 is 5.79. The number of hydrogen-bond acceptors (Lipinski definition) is 5. The summed E-state index contributed by atoms with van der Waals surface area (Å²) in [6.45, 7) is 5.94. The highest BCUT2D eigenvalue weighted by Crippen LogP contribution is 2.41. The molecule has 3 aromatic rings. The van der Waals surface area contributed by atoms with Crippen LogP contribution in [-0.2, 0) is 4.74 Å². The van der Waals surface area contributed by atoms with Crippen LogP contribution in [0.25, 0.3) is 5.69 Å². The van der Waals surface area contributed by atoms with Crippen molar-refractivity contribution in [3.05, 3.63) is 82.9 Å². The Balaban J connectivity index is 1.76. The molecule has 1 N–H and O–H groups in total. The van der Waals surface area contributed by atoms with Crippen molar-refractivity contribution in [3.63, 3.8) is 0 Å². The molecule has 0 radical (unpaired) electrons. The molecule has 1 fully saturated rings. The highest BCUT2D eigenvalue weighted by atomic mass is 32.1. The van der Waals surface area contributed by atoms with E-state index in [0.29, 0.717) is 5.56 Å².